The largest absolute Gasteiger partial charge is 0.353 e. The smallest absolute Gasteiger partial charge is 0.224 e. The highest BCUT2D eigenvalue weighted by molar-refractivity contribution is 7.14. The minimum atomic E-state index is -0.212. The van der Waals surface area contributed by atoms with E-state index in [2.05, 4.69) is 25.5 Å². The van der Waals surface area contributed by atoms with E-state index in [-0.39, 0.29) is 17.0 Å². The van der Waals surface area contributed by atoms with E-state index in [1.54, 1.807) is 18.5 Å². The van der Waals surface area contributed by atoms with Gasteiger partial charge in [0.15, 0.2) is 5.13 Å². The molecule has 6 rings (SSSR count). The van der Waals surface area contributed by atoms with Crippen molar-refractivity contribution in [2.75, 3.05) is 5.32 Å². The monoisotopic (exact) mass is 510 g/mol. The number of anilines is 1. The van der Waals surface area contributed by atoms with E-state index >= 15 is 0 Å². The summed E-state index contributed by atoms with van der Waals surface area (Å²) in [7, 11) is 0. The predicted molar refractivity (Wildman–Crippen MR) is 146 cm³/mol. The van der Waals surface area contributed by atoms with Gasteiger partial charge in [-0.2, -0.15) is 9.49 Å². The van der Waals surface area contributed by atoms with E-state index in [0.717, 1.165) is 49.5 Å². The van der Waals surface area contributed by atoms with E-state index in [0.29, 0.717) is 29.0 Å². The van der Waals surface area contributed by atoms with E-state index in [9.17, 15) is 9.18 Å². The van der Waals surface area contributed by atoms with Crippen LogP contribution in [0.4, 0.5) is 10.1 Å². The van der Waals surface area contributed by atoms with Gasteiger partial charge in [-0.1, -0.05) is 26.0 Å². The number of aromatic amines is 2. The van der Waals surface area contributed by atoms with E-state index < -0.39 is 0 Å². The second kappa shape index (κ2) is 9.25. The summed E-state index contributed by atoms with van der Waals surface area (Å²) in [4.78, 5) is 25.7. The maximum absolute atomic E-state index is 13.7. The molecular formula is C28H23FN6OS. The molecule has 5 heterocycles. The number of nitrogens with one attached hydrogen (secondary N) is 3. The number of hydrogen-bond acceptors (Lipinski definition) is 5. The fraction of sp³-hybridized carbons (Fsp3) is 0.143. The molecule has 5 aromatic heterocycles. The third-order valence-electron chi connectivity index (χ3n) is 6.08. The van der Waals surface area contributed by atoms with Crippen molar-refractivity contribution < 1.29 is 9.18 Å². The Balaban J connectivity index is 1.38. The van der Waals surface area contributed by atoms with Gasteiger partial charge in [-0.3, -0.25) is 14.9 Å². The molecule has 37 heavy (non-hydrogen) atoms. The standard InChI is InChI=1S/C28H23FN6OS/c1-15(2)10-26(36)31-17-11-16(13-30-14-17)20-6-7-22-27(33-20)28(35-34-22)23-12-19-18(4-3-5-21(19)32-23)24-8-9-25(29)37-24/h3-9,11-15,32H,10H2,1-2H3,(H,31,36)(H,34,35). The predicted octanol–water partition coefficient (Wildman–Crippen LogP) is 7.02. The van der Waals surface area contributed by atoms with Crippen LogP contribution in [0.3, 0.4) is 0 Å². The van der Waals surface area contributed by atoms with Crippen molar-refractivity contribution in [3.05, 3.63) is 72.1 Å². The van der Waals surface area contributed by atoms with Crippen LogP contribution in [0.25, 0.3) is 55.0 Å². The summed E-state index contributed by atoms with van der Waals surface area (Å²) in [5, 5.41) is 11.3. The lowest BCUT2D eigenvalue weighted by atomic mass is 10.1. The molecule has 0 radical (unpaired) electrons. The van der Waals surface area contributed by atoms with Gasteiger partial charge in [-0.25, -0.2) is 4.98 Å². The molecule has 0 bridgehead atoms. The van der Waals surface area contributed by atoms with Crippen LogP contribution >= 0.6 is 11.3 Å². The first-order valence-corrected chi connectivity index (χ1v) is 12.7. The molecule has 3 N–H and O–H groups in total. The Morgan fingerprint density at radius 1 is 1.08 bits per heavy atom. The molecule has 0 spiro atoms. The number of thiophene rings is 1. The third kappa shape index (κ3) is 4.49. The highest BCUT2D eigenvalue weighted by Crippen LogP contribution is 2.36. The first-order chi connectivity index (χ1) is 17.9. The summed E-state index contributed by atoms with van der Waals surface area (Å²) in [6, 6.07) is 16.9. The molecule has 0 aliphatic heterocycles. The van der Waals surface area contributed by atoms with Crippen molar-refractivity contribution in [1.29, 1.82) is 0 Å². The number of fused-ring (bicyclic) bond motifs is 2. The quantitative estimate of drug-likeness (QED) is 0.224. The van der Waals surface area contributed by atoms with Gasteiger partial charge in [-0.05, 0) is 48.4 Å². The number of H-pyrrole nitrogens is 2. The number of aromatic nitrogens is 5. The lowest BCUT2D eigenvalue weighted by molar-refractivity contribution is -0.116. The number of hydrogen-bond donors (Lipinski definition) is 3. The molecule has 1 aromatic carbocycles. The number of carbonyl (C=O) groups excluding carboxylic acids is 1. The number of rotatable bonds is 6. The summed E-state index contributed by atoms with van der Waals surface area (Å²) in [6.07, 6.45) is 3.80. The van der Waals surface area contributed by atoms with Gasteiger partial charge < -0.3 is 10.3 Å². The second-order valence-electron chi connectivity index (χ2n) is 9.33. The van der Waals surface area contributed by atoms with E-state index in [4.69, 9.17) is 4.98 Å². The number of nitrogens with zero attached hydrogens (tertiary/aromatic N) is 3. The van der Waals surface area contributed by atoms with Crippen LogP contribution in [-0.2, 0) is 4.79 Å². The van der Waals surface area contributed by atoms with Crippen molar-refractivity contribution in [1.82, 2.24) is 25.1 Å². The zero-order valence-electron chi connectivity index (χ0n) is 20.2. The van der Waals surface area contributed by atoms with Gasteiger partial charge in [0.25, 0.3) is 0 Å². The van der Waals surface area contributed by atoms with Crippen LogP contribution in [-0.4, -0.2) is 31.1 Å². The normalized spacial score (nSPS) is 11.6. The topological polar surface area (TPSA) is 99.4 Å². The molecule has 0 unspecified atom stereocenters. The molecule has 0 aliphatic carbocycles. The number of amides is 1. The lowest BCUT2D eigenvalue weighted by Gasteiger charge is -2.08. The van der Waals surface area contributed by atoms with Crippen molar-refractivity contribution in [2.45, 2.75) is 20.3 Å². The molecule has 9 heteroatoms. The van der Waals surface area contributed by atoms with Crippen LogP contribution in [0, 0.1) is 11.0 Å². The average Bonchev–Trinajstić information content (AvgIpc) is 3.60. The zero-order valence-corrected chi connectivity index (χ0v) is 21.0. The SMILES string of the molecule is CC(C)CC(=O)Nc1cncc(-c2ccc3[nH]nc(-c4cc5c(-c6ccc(F)s6)cccc5[nH]4)c3n2)c1. The second-order valence-corrected chi connectivity index (χ2v) is 10.4. The number of pyridine rings is 2. The van der Waals surface area contributed by atoms with Crippen molar-refractivity contribution >= 4 is 44.9 Å². The summed E-state index contributed by atoms with van der Waals surface area (Å²) < 4.78 is 13.7. The summed E-state index contributed by atoms with van der Waals surface area (Å²) in [6.45, 7) is 4.01. The highest BCUT2D eigenvalue weighted by Gasteiger charge is 2.16. The molecule has 0 aliphatic rings. The molecular weight excluding hydrogens is 487 g/mol. The Morgan fingerprint density at radius 2 is 1.97 bits per heavy atom. The average molecular weight is 511 g/mol. The van der Waals surface area contributed by atoms with Gasteiger partial charge >= 0.3 is 0 Å². The molecule has 0 atom stereocenters. The van der Waals surface area contributed by atoms with Gasteiger partial charge in [0, 0.05) is 39.5 Å². The molecule has 0 fully saturated rings. The highest BCUT2D eigenvalue weighted by atomic mass is 32.1. The van der Waals surface area contributed by atoms with Crippen molar-refractivity contribution in [3.8, 4) is 33.1 Å². The molecule has 1 amide bonds. The maximum Gasteiger partial charge on any atom is 0.224 e. The third-order valence-corrected chi connectivity index (χ3v) is 6.98. The zero-order chi connectivity index (χ0) is 25.5. The Morgan fingerprint density at radius 3 is 2.78 bits per heavy atom. The minimum Gasteiger partial charge on any atom is -0.353 e. The fourth-order valence-corrected chi connectivity index (χ4v) is 5.21. The van der Waals surface area contributed by atoms with Gasteiger partial charge in [0.1, 0.15) is 11.2 Å². The Kier molecular flexibility index (Phi) is 5.77. The van der Waals surface area contributed by atoms with Gasteiger partial charge in [0.05, 0.1) is 28.8 Å². The molecule has 7 nitrogen and oxygen atoms in total. The van der Waals surface area contributed by atoms with E-state index in [1.165, 1.54) is 6.07 Å². The first kappa shape index (κ1) is 23.1. The summed E-state index contributed by atoms with van der Waals surface area (Å²) in [5.74, 6) is 0.227. The van der Waals surface area contributed by atoms with Gasteiger partial charge in [0.2, 0.25) is 5.91 Å². The molecule has 0 saturated carbocycles. The van der Waals surface area contributed by atoms with Crippen LogP contribution < -0.4 is 5.32 Å². The Hall–Kier alpha value is -4.37. The number of benzene rings is 1. The van der Waals surface area contributed by atoms with Crippen molar-refractivity contribution in [3.63, 3.8) is 0 Å². The fourth-order valence-electron chi connectivity index (χ4n) is 4.44. The maximum atomic E-state index is 13.7. The first-order valence-electron chi connectivity index (χ1n) is 11.9. The molecule has 0 saturated heterocycles. The van der Waals surface area contributed by atoms with Crippen LogP contribution in [0.2, 0.25) is 0 Å². The summed E-state index contributed by atoms with van der Waals surface area (Å²) >= 11 is 1.13. The molecule has 6 aromatic rings. The van der Waals surface area contributed by atoms with Crippen LogP contribution in [0.1, 0.15) is 20.3 Å². The van der Waals surface area contributed by atoms with Crippen LogP contribution in [0.15, 0.2) is 67.0 Å². The summed E-state index contributed by atoms with van der Waals surface area (Å²) in [5.41, 5.74) is 7.03. The lowest BCUT2D eigenvalue weighted by Crippen LogP contribution is -2.13. The number of halogens is 1. The number of carbonyl (C=O) groups is 1. The van der Waals surface area contributed by atoms with Gasteiger partial charge in [-0.15, -0.1) is 11.3 Å². The van der Waals surface area contributed by atoms with Crippen molar-refractivity contribution in [2.24, 2.45) is 5.92 Å². The molecule has 184 valence electrons. The minimum absolute atomic E-state index is 0.0436. The van der Waals surface area contributed by atoms with E-state index in [1.807, 2.05) is 56.3 Å². The Bertz CT molecular complexity index is 1770. The van der Waals surface area contributed by atoms with Crippen LogP contribution in [0.5, 0.6) is 0 Å². The Labute approximate surface area is 215 Å².